The van der Waals surface area contributed by atoms with Gasteiger partial charge in [-0.2, -0.15) is 0 Å². The van der Waals surface area contributed by atoms with E-state index in [0.29, 0.717) is 13.1 Å². The van der Waals surface area contributed by atoms with Crippen LogP contribution in [0.3, 0.4) is 0 Å². The Morgan fingerprint density at radius 2 is 2.27 bits per heavy atom. The minimum atomic E-state index is -0.0303. The van der Waals surface area contributed by atoms with E-state index in [-0.39, 0.29) is 5.91 Å². The molecule has 0 aromatic rings. The molecule has 0 atom stereocenters. The molecule has 2 N–H and O–H groups in total. The van der Waals surface area contributed by atoms with Gasteiger partial charge >= 0.3 is 0 Å². The zero-order chi connectivity index (χ0) is 8.69. The van der Waals surface area contributed by atoms with E-state index in [4.69, 9.17) is 5.73 Å². The largest absolute Gasteiger partial charge is 0.338 e. The number of carbonyl (C=O) groups excluding carboxylic acids is 1. The number of carbonyl (C=O) groups is 1. The lowest BCUT2D eigenvalue weighted by Crippen LogP contribution is -2.34. The van der Waals surface area contributed by atoms with Gasteiger partial charge < -0.3 is 10.6 Å². The first kappa shape index (κ1) is 10.2. The van der Waals surface area contributed by atoms with Gasteiger partial charge in [-0.3, -0.25) is 4.79 Å². The van der Waals surface area contributed by atoms with Gasteiger partial charge in [0.15, 0.2) is 0 Å². The summed E-state index contributed by atoms with van der Waals surface area (Å²) in [5, 5.41) is 0. The highest BCUT2D eigenvalue weighted by Crippen LogP contribution is 1.91. The van der Waals surface area contributed by atoms with E-state index in [2.05, 4.69) is 6.58 Å². The quantitative estimate of drug-likeness (QED) is 0.584. The Bertz CT molecular complexity index is 128. The van der Waals surface area contributed by atoms with Crippen LogP contribution in [0, 0.1) is 0 Å². The lowest BCUT2D eigenvalue weighted by atomic mass is 10.4. The van der Waals surface area contributed by atoms with Crippen LogP contribution in [-0.2, 0) is 4.79 Å². The third kappa shape index (κ3) is 3.78. The molecule has 0 aliphatic heterocycles. The lowest BCUT2D eigenvalue weighted by Gasteiger charge is -2.18. The molecule has 1 amide bonds. The van der Waals surface area contributed by atoms with E-state index in [0.717, 1.165) is 13.0 Å². The van der Waals surface area contributed by atoms with Gasteiger partial charge in [0.2, 0.25) is 5.91 Å². The number of hydrogen-bond donors (Lipinski definition) is 1. The van der Waals surface area contributed by atoms with Crippen LogP contribution in [-0.4, -0.2) is 30.4 Å². The van der Waals surface area contributed by atoms with Gasteiger partial charge in [-0.25, -0.2) is 0 Å². The zero-order valence-electron chi connectivity index (χ0n) is 7.05. The van der Waals surface area contributed by atoms with E-state index in [9.17, 15) is 4.79 Å². The molecule has 0 fully saturated rings. The third-order valence-corrected chi connectivity index (χ3v) is 1.38. The molecule has 64 valence electrons. The molecule has 0 spiro atoms. The van der Waals surface area contributed by atoms with Crippen molar-refractivity contribution in [3.05, 3.63) is 12.7 Å². The van der Waals surface area contributed by atoms with Crippen LogP contribution in [0.25, 0.3) is 0 Å². The SMILES string of the molecule is C=CC(=O)N(CCC)CCN. The highest BCUT2D eigenvalue weighted by molar-refractivity contribution is 5.86. The molecule has 11 heavy (non-hydrogen) atoms. The normalized spacial score (nSPS) is 9.27. The molecule has 0 aromatic heterocycles. The van der Waals surface area contributed by atoms with Crippen molar-refractivity contribution in [1.29, 1.82) is 0 Å². The topological polar surface area (TPSA) is 46.3 Å². The van der Waals surface area contributed by atoms with Gasteiger partial charge in [0, 0.05) is 19.6 Å². The Morgan fingerprint density at radius 3 is 2.64 bits per heavy atom. The summed E-state index contributed by atoms with van der Waals surface area (Å²) < 4.78 is 0. The maximum atomic E-state index is 11.0. The predicted molar refractivity (Wildman–Crippen MR) is 46.1 cm³/mol. The van der Waals surface area contributed by atoms with Crippen LogP contribution < -0.4 is 5.73 Å². The van der Waals surface area contributed by atoms with Gasteiger partial charge in [0.05, 0.1) is 0 Å². The second-order valence-electron chi connectivity index (χ2n) is 2.32. The minimum Gasteiger partial charge on any atom is -0.338 e. The van der Waals surface area contributed by atoms with Crippen molar-refractivity contribution in [1.82, 2.24) is 4.90 Å². The Hall–Kier alpha value is -0.830. The molecule has 0 bridgehead atoms. The summed E-state index contributed by atoms with van der Waals surface area (Å²) in [6.07, 6.45) is 2.28. The first-order chi connectivity index (χ1) is 5.26. The van der Waals surface area contributed by atoms with Crippen molar-refractivity contribution >= 4 is 5.91 Å². The third-order valence-electron chi connectivity index (χ3n) is 1.38. The number of nitrogens with zero attached hydrogens (tertiary/aromatic N) is 1. The molecular formula is C8H16N2O. The molecule has 0 aromatic carbocycles. The van der Waals surface area contributed by atoms with Crippen molar-refractivity contribution in [3.8, 4) is 0 Å². The summed E-state index contributed by atoms with van der Waals surface area (Å²) in [4.78, 5) is 12.7. The average molecular weight is 156 g/mol. The molecule has 0 rings (SSSR count). The van der Waals surface area contributed by atoms with E-state index in [1.54, 1.807) is 4.90 Å². The van der Waals surface area contributed by atoms with E-state index >= 15 is 0 Å². The fraction of sp³-hybridized carbons (Fsp3) is 0.625. The molecule has 0 aliphatic carbocycles. The van der Waals surface area contributed by atoms with Gasteiger partial charge in [-0.1, -0.05) is 13.5 Å². The van der Waals surface area contributed by atoms with Crippen LogP contribution in [0.15, 0.2) is 12.7 Å². The fourth-order valence-corrected chi connectivity index (χ4v) is 0.887. The smallest absolute Gasteiger partial charge is 0.245 e. The predicted octanol–water partition coefficient (Wildman–Crippen LogP) is 0.370. The second-order valence-corrected chi connectivity index (χ2v) is 2.32. The Labute approximate surface area is 67.9 Å². The van der Waals surface area contributed by atoms with Crippen molar-refractivity contribution < 1.29 is 4.79 Å². The molecule has 0 heterocycles. The standard InChI is InChI=1S/C8H16N2O/c1-3-6-10(7-5-9)8(11)4-2/h4H,2-3,5-7,9H2,1H3. The van der Waals surface area contributed by atoms with Gasteiger partial charge in [-0.15, -0.1) is 0 Å². The van der Waals surface area contributed by atoms with Crippen LogP contribution in [0.5, 0.6) is 0 Å². The Morgan fingerprint density at radius 1 is 1.64 bits per heavy atom. The summed E-state index contributed by atoms with van der Waals surface area (Å²) in [5.74, 6) is -0.0303. The van der Waals surface area contributed by atoms with Crippen molar-refractivity contribution in [3.63, 3.8) is 0 Å². The van der Waals surface area contributed by atoms with Crippen LogP contribution in [0.1, 0.15) is 13.3 Å². The minimum absolute atomic E-state index is 0.0303. The number of nitrogens with two attached hydrogens (primary N) is 1. The van der Waals surface area contributed by atoms with Crippen molar-refractivity contribution in [2.24, 2.45) is 5.73 Å². The van der Waals surface area contributed by atoms with E-state index < -0.39 is 0 Å². The van der Waals surface area contributed by atoms with Gasteiger partial charge in [0.1, 0.15) is 0 Å². The molecule has 3 heteroatoms. The van der Waals surface area contributed by atoms with Crippen molar-refractivity contribution in [2.75, 3.05) is 19.6 Å². The Kier molecular flexibility index (Phi) is 5.47. The summed E-state index contributed by atoms with van der Waals surface area (Å²) in [7, 11) is 0. The number of amides is 1. The molecular weight excluding hydrogens is 140 g/mol. The number of rotatable bonds is 5. The van der Waals surface area contributed by atoms with E-state index in [1.807, 2.05) is 6.92 Å². The highest BCUT2D eigenvalue weighted by atomic mass is 16.2. The monoisotopic (exact) mass is 156 g/mol. The zero-order valence-corrected chi connectivity index (χ0v) is 7.05. The average Bonchev–Trinajstić information content (AvgIpc) is 2.03. The Balaban J connectivity index is 3.86. The molecule has 0 aliphatic rings. The first-order valence-electron chi connectivity index (χ1n) is 3.87. The maximum Gasteiger partial charge on any atom is 0.245 e. The summed E-state index contributed by atoms with van der Waals surface area (Å²) in [6.45, 7) is 7.34. The van der Waals surface area contributed by atoms with Crippen LogP contribution in [0.4, 0.5) is 0 Å². The molecule has 0 saturated heterocycles. The second kappa shape index (κ2) is 5.92. The van der Waals surface area contributed by atoms with Crippen LogP contribution in [0.2, 0.25) is 0 Å². The number of hydrogen-bond acceptors (Lipinski definition) is 2. The fourth-order valence-electron chi connectivity index (χ4n) is 0.887. The van der Waals surface area contributed by atoms with Crippen LogP contribution >= 0.6 is 0 Å². The van der Waals surface area contributed by atoms with E-state index in [1.165, 1.54) is 6.08 Å². The summed E-state index contributed by atoms with van der Waals surface area (Å²) in [5.41, 5.74) is 5.32. The molecule has 0 radical (unpaired) electrons. The molecule has 3 nitrogen and oxygen atoms in total. The van der Waals surface area contributed by atoms with Gasteiger partial charge in [-0.05, 0) is 12.5 Å². The van der Waals surface area contributed by atoms with Crippen molar-refractivity contribution in [2.45, 2.75) is 13.3 Å². The molecule has 0 unspecified atom stereocenters. The first-order valence-corrected chi connectivity index (χ1v) is 3.87. The highest BCUT2D eigenvalue weighted by Gasteiger charge is 2.05. The summed E-state index contributed by atoms with van der Waals surface area (Å²) >= 11 is 0. The lowest BCUT2D eigenvalue weighted by molar-refractivity contribution is -0.125. The maximum absolute atomic E-state index is 11.0. The summed E-state index contributed by atoms with van der Waals surface area (Å²) in [6, 6.07) is 0. The van der Waals surface area contributed by atoms with Gasteiger partial charge in [0.25, 0.3) is 0 Å². The molecule has 0 saturated carbocycles.